The van der Waals surface area contributed by atoms with Gasteiger partial charge < -0.3 is 19.6 Å². The first-order valence-corrected chi connectivity index (χ1v) is 15.5. The predicted molar refractivity (Wildman–Crippen MR) is 134 cm³/mol. The van der Waals surface area contributed by atoms with Gasteiger partial charge in [0.15, 0.2) is 9.84 Å². The molecular formula is C22H35N5O5S2. The molecule has 0 aromatic heterocycles. The fourth-order valence-corrected chi connectivity index (χ4v) is 6.93. The number of sulfonamides is 1. The highest BCUT2D eigenvalue weighted by molar-refractivity contribution is 7.91. The summed E-state index contributed by atoms with van der Waals surface area (Å²) in [6.07, 6.45) is 1.26. The SMILES string of the molecule is C[C@@H]1CN(C(=O)N2CCS(=O)(=O)CC2)CCN(c2ccc(N3CCN(S(C)(=O)=O)CC3)cc2)C1. The highest BCUT2D eigenvalue weighted by atomic mass is 32.2. The van der Waals surface area contributed by atoms with E-state index in [0.29, 0.717) is 45.8 Å². The normalized spacial score (nSPS) is 24.7. The van der Waals surface area contributed by atoms with Crippen LogP contribution in [0.3, 0.4) is 0 Å². The van der Waals surface area contributed by atoms with Gasteiger partial charge in [-0.1, -0.05) is 6.92 Å². The summed E-state index contributed by atoms with van der Waals surface area (Å²) in [6.45, 7) is 7.82. The van der Waals surface area contributed by atoms with E-state index in [1.54, 1.807) is 4.90 Å². The van der Waals surface area contributed by atoms with Crippen LogP contribution in [0, 0.1) is 5.92 Å². The fourth-order valence-electron chi connectivity index (χ4n) is 4.90. The van der Waals surface area contributed by atoms with E-state index in [1.165, 1.54) is 10.6 Å². The van der Waals surface area contributed by atoms with Crippen LogP contribution in [-0.2, 0) is 19.9 Å². The zero-order valence-electron chi connectivity index (χ0n) is 20.0. The molecule has 0 bridgehead atoms. The van der Waals surface area contributed by atoms with Crippen LogP contribution in [0.4, 0.5) is 16.2 Å². The summed E-state index contributed by atoms with van der Waals surface area (Å²) < 4.78 is 48.4. The van der Waals surface area contributed by atoms with E-state index >= 15 is 0 Å². The number of anilines is 2. The Bertz CT molecular complexity index is 1070. The van der Waals surface area contributed by atoms with Gasteiger partial charge in [-0.15, -0.1) is 0 Å². The lowest BCUT2D eigenvalue weighted by molar-refractivity contribution is 0.155. The summed E-state index contributed by atoms with van der Waals surface area (Å²) in [5.41, 5.74) is 2.18. The first-order chi connectivity index (χ1) is 16.0. The number of urea groups is 1. The van der Waals surface area contributed by atoms with Gasteiger partial charge in [0.25, 0.3) is 0 Å². The van der Waals surface area contributed by atoms with Crippen LogP contribution in [0.5, 0.6) is 0 Å². The van der Waals surface area contributed by atoms with Crippen LogP contribution in [-0.4, -0.2) is 120 Å². The van der Waals surface area contributed by atoms with Gasteiger partial charge in [-0.3, -0.25) is 0 Å². The molecule has 3 aliphatic heterocycles. The smallest absolute Gasteiger partial charge is 0.320 e. The molecule has 0 radical (unpaired) electrons. The number of sulfone groups is 1. The predicted octanol–water partition coefficient (Wildman–Crippen LogP) is 0.377. The zero-order chi connectivity index (χ0) is 24.5. The van der Waals surface area contributed by atoms with Gasteiger partial charge in [-0.05, 0) is 30.2 Å². The molecule has 12 heteroatoms. The number of hydrogen-bond donors (Lipinski definition) is 0. The van der Waals surface area contributed by atoms with Crippen LogP contribution in [0.25, 0.3) is 0 Å². The second kappa shape index (κ2) is 9.90. The number of rotatable bonds is 3. The quantitative estimate of drug-likeness (QED) is 0.576. The van der Waals surface area contributed by atoms with E-state index in [2.05, 4.69) is 41.0 Å². The van der Waals surface area contributed by atoms with Crippen LogP contribution in [0.1, 0.15) is 6.92 Å². The molecule has 3 saturated heterocycles. The molecule has 0 spiro atoms. The molecule has 10 nitrogen and oxygen atoms in total. The summed E-state index contributed by atoms with van der Waals surface area (Å²) in [5, 5.41) is 0. The minimum absolute atomic E-state index is 0.0455. The van der Waals surface area contributed by atoms with Gasteiger partial charge >= 0.3 is 6.03 Å². The van der Waals surface area contributed by atoms with Gasteiger partial charge in [-0.2, -0.15) is 4.31 Å². The van der Waals surface area contributed by atoms with Crippen molar-refractivity contribution in [2.24, 2.45) is 5.92 Å². The Balaban J connectivity index is 1.35. The molecule has 0 aliphatic carbocycles. The number of carbonyl (C=O) groups excluding carboxylic acids is 1. The van der Waals surface area contributed by atoms with Crippen LogP contribution in [0.15, 0.2) is 24.3 Å². The monoisotopic (exact) mass is 513 g/mol. The lowest BCUT2D eigenvalue weighted by Crippen LogP contribution is -2.51. The van der Waals surface area contributed by atoms with Crippen LogP contribution >= 0.6 is 0 Å². The Morgan fingerprint density at radius 3 is 1.88 bits per heavy atom. The summed E-state index contributed by atoms with van der Waals surface area (Å²) >= 11 is 0. The molecule has 3 heterocycles. The summed E-state index contributed by atoms with van der Waals surface area (Å²) in [5.74, 6) is 0.372. The fraction of sp³-hybridized carbons (Fsp3) is 0.682. The summed E-state index contributed by atoms with van der Waals surface area (Å²) in [7, 11) is -6.16. The summed E-state index contributed by atoms with van der Waals surface area (Å²) in [6, 6.07) is 8.29. The summed E-state index contributed by atoms with van der Waals surface area (Å²) in [4.78, 5) is 21.0. The maximum Gasteiger partial charge on any atom is 0.320 e. The van der Waals surface area contributed by atoms with Gasteiger partial charge in [0.05, 0.1) is 17.8 Å². The molecule has 1 aromatic carbocycles. The van der Waals surface area contributed by atoms with Gasteiger partial charge in [0, 0.05) is 76.8 Å². The molecule has 4 rings (SSSR count). The van der Waals surface area contributed by atoms with E-state index in [1.807, 2.05) is 4.90 Å². The Labute approximate surface area is 203 Å². The molecule has 0 N–H and O–H groups in total. The molecule has 3 fully saturated rings. The van der Waals surface area contributed by atoms with Crippen molar-refractivity contribution in [3.8, 4) is 0 Å². The second-order valence-electron chi connectivity index (χ2n) is 9.58. The number of hydrogen-bond acceptors (Lipinski definition) is 7. The molecule has 190 valence electrons. The number of carbonyl (C=O) groups is 1. The number of piperazine rings is 1. The molecule has 1 aromatic rings. The molecule has 0 unspecified atom stereocenters. The molecule has 0 saturated carbocycles. The lowest BCUT2D eigenvalue weighted by atomic mass is 10.1. The van der Waals surface area contributed by atoms with Gasteiger partial charge in [0.1, 0.15) is 0 Å². The van der Waals surface area contributed by atoms with Crippen LogP contribution in [0.2, 0.25) is 0 Å². The van der Waals surface area contributed by atoms with Crippen molar-refractivity contribution < 1.29 is 21.6 Å². The minimum atomic E-state index is -3.14. The molecule has 3 aliphatic rings. The average Bonchev–Trinajstić information content (AvgIpc) is 3.00. The largest absolute Gasteiger partial charge is 0.369 e. The Kier molecular flexibility index (Phi) is 7.30. The Morgan fingerprint density at radius 2 is 1.32 bits per heavy atom. The third kappa shape index (κ3) is 5.95. The molecule has 34 heavy (non-hydrogen) atoms. The highest BCUT2D eigenvalue weighted by Crippen LogP contribution is 2.24. The maximum atomic E-state index is 13.0. The van der Waals surface area contributed by atoms with E-state index in [9.17, 15) is 21.6 Å². The van der Waals surface area contributed by atoms with Crippen molar-refractivity contribution in [2.45, 2.75) is 6.92 Å². The number of benzene rings is 1. The Morgan fingerprint density at radius 1 is 0.794 bits per heavy atom. The molecular weight excluding hydrogens is 478 g/mol. The van der Waals surface area contributed by atoms with Crippen molar-refractivity contribution in [1.82, 2.24) is 14.1 Å². The zero-order valence-corrected chi connectivity index (χ0v) is 21.6. The Hall–Kier alpha value is -2.05. The second-order valence-corrected chi connectivity index (χ2v) is 13.9. The average molecular weight is 514 g/mol. The van der Waals surface area contributed by atoms with Crippen molar-refractivity contribution in [2.75, 3.05) is 93.0 Å². The third-order valence-corrected chi connectivity index (χ3v) is 9.79. The van der Waals surface area contributed by atoms with E-state index in [4.69, 9.17) is 0 Å². The van der Waals surface area contributed by atoms with Gasteiger partial charge in [-0.25, -0.2) is 21.6 Å². The molecule has 1 atom stereocenters. The van der Waals surface area contributed by atoms with Crippen molar-refractivity contribution >= 4 is 37.3 Å². The van der Waals surface area contributed by atoms with Crippen molar-refractivity contribution in [1.29, 1.82) is 0 Å². The standard InChI is InChI=1S/C22H35N5O5S2/c1-19-17-25(7-8-26(18-19)22(28)24-13-15-34(31,32)16-14-24)21-5-3-20(4-6-21)23-9-11-27(12-10-23)33(2,29)30/h3-6,19H,7-18H2,1-2H3/t19-/m0/s1. The number of amides is 2. The molecule has 2 amide bonds. The van der Waals surface area contributed by atoms with Crippen molar-refractivity contribution in [3.63, 3.8) is 0 Å². The highest BCUT2D eigenvalue weighted by Gasteiger charge is 2.31. The minimum Gasteiger partial charge on any atom is -0.369 e. The van der Waals surface area contributed by atoms with Crippen molar-refractivity contribution in [3.05, 3.63) is 24.3 Å². The topological polar surface area (TPSA) is 102 Å². The first kappa shape index (κ1) is 25.1. The van der Waals surface area contributed by atoms with E-state index in [0.717, 1.165) is 17.9 Å². The van der Waals surface area contributed by atoms with Crippen LogP contribution < -0.4 is 9.80 Å². The first-order valence-electron chi connectivity index (χ1n) is 11.8. The maximum absolute atomic E-state index is 13.0. The van der Waals surface area contributed by atoms with E-state index < -0.39 is 19.9 Å². The third-order valence-electron chi connectivity index (χ3n) is 6.88. The van der Waals surface area contributed by atoms with E-state index in [-0.39, 0.29) is 36.5 Å². The van der Waals surface area contributed by atoms with Gasteiger partial charge in [0.2, 0.25) is 10.0 Å². The lowest BCUT2D eigenvalue weighted by Gasteiger charge is -2.35. The number of nitrogens with zero attached hydrogens (tertiary/aromatic N) is 5.